The van der Waals surface area contributed by atoms with Gasteiger partial charge in [0.2, 0.25) is 0 Å². The second kappa shape index (κ2) is 4.96. The van der Waals surface area contributed by atoms with Gasteiger partial charge in [-0.3, -0.25) is 4.79 Å². The van der Waals surface area contributed by atoms with Crippen molar-refractivity contribution in [2.75, 3.05) is 13.1 Å². The van der Waals surface area contributed by atoms with E-state index in [0.29, 0.717) is 5.56 Å². The molecule has 0 bridgehead atoms. The van der Waals surface area contributed by atoms with Gasteiger partial charge >= 0.3 is 6.18 Å². The van der Waals surface area contributed by atoms with Gasteiger partial charge in [0, 0.05) is 13.0 Å². The zero-order valence-corrected chi connectivity index (χ0v) is 10.7. The van der Waals surface area contributed by atoms with Crippen LogP contribution in [0.15, 0.2) is 24.3 Å². The fourth-order valence-electron chi connectivity index (χ4n) is 2.39. The highest BCUT2D eigenvalue weighted by Crippen LogP contribution is 2.44. The lowest BCUT2D eigenvalue weighted by atomic mass is 9.79. The van der Waals surface area contributed by atoms with Crippen LogP contribution in [0.5, 0.6) is 0 Å². The molecule has 2 rings (SSSR count). The van der Waals surface area contributed by atoms with Crippen molar-refractivity contribution in [3.63, 3.8) is 0 Å². The van der Waals surface area contributed by atoms with E-state index < -0.39 is 17.4 Å². The van der Waals surface area contributed by atoms with Crippen molar-refractivity contribution in [2.24, 2.45) is 5.41 Å². The number of aryl methyl sites for hydroxylation is 1. The van der Waals surface area contributed by atoms with Crippen LogP contribution < -0.4 is 5.32 Å². The minimum Gasteiger partial charge on any atom is -0.315 e. The van der Waals surface area contributed by atoms with E-state index in [1.165, 1.54) is 0 Å². The number of halogens is 3. The molecule has 1 aliphatic rings. The fourth-order valence-corrected chi connectivity index (χ4v) is 2.39. The van der Waals surface area contributed by atoms with Crippen LogP contribution >= 0.6 is 0 Å². The Labute approximate surface area is 110 Å². The van der Waals surface area contributed by atoms with Gasteiger partial charge in [-0.05, 0) is 25.5 Å². The standard InChI is InChI=1S/C14H16F3NO/c1-10-2-4-11(5-3-10)8-12(19)13(14(15,16)17)6-7-18-9-13/h2-5,18H,6-9H2,1H3. The molecule has 0 amide bonds. The topological polar surface area (TPSA) is 29.1 Å². The zero-order valence-electron chi connectivity index (χ0n) is 10.7. The van der Waals surface area contributed by atoms with E-state index in [-0.39, 0.29) is 25.9 Å². The van der Waals surface area contributed by atoms with Gasteiger partial charge in [0.15, 0.2) is 5.78 Å². The third-order valence-corrected chi connectivity index (χ3v) is 3.72. The SMILES string of the molecule is Cc1ccc(CC(=O)C2(C(F)(F)F)CCNC2)cc1. The van der Waals surface area contributed by atoms with Crippen molar-refractivity contribution < 1.29 is 18.0 Å². The molecule has 1 N–H and O–H groups in total. The average molecular weight is 271 g/mol. The highest BCUT2D eigenvalue weighted by atomic mass is 19.4. The fraction of sp³-hybridized carbons (Fsp3) is 0.500. The smallest absolute Gasteiger partial charge is 0.315 e. The van der Waals surface area contributed by atoms with Gasteiger partial charge in [-0.1, -0.05) is 29.8 Å². The Morgan fingerprint density at radius 2 is 1.95 bits per heavy atom. The maximum Gasteiger partial charge on any atom is 0.402 e. The molecule has 1 saturated heterocycles. The number of rotatable bonds is 3. The maximum atomic E-state index is 13.2. The molecule has 0 aliphatic carbocycles. The van der Waals surface area contributed by atoms with Gasteiger partial charge < -0.3 is 5.32 Å². The lowest BCUT2D eigenvalue weighted by molar-refractivity contribution is -0.214. The second-order valence-corrected chi connectivity index (χ2v) is 5.09. The van der Waals surface area contributed by atoms with E-state index in [9.17, 15) is 18.0 Å². The highest BCUT2D eigenvalue weighted by Gasteiger charge is 2.60. The van der Waals surface area contributed by atoms with Crippen LogP contribution in [0.2, 0.25) is 0 Å². The van der Waals surface area contributed by atoms with Crippen LogP contribution in [0.3, 0.4) is 0 Å². The van der Waals surface area contributed by atoms with Gasteiger partial charge in [-0.15, -0.1) is 0 Å². The number of ketones is 1. The molecule has 1 heterocycles. The van der Waals surface area contributed by atoms with E-state index in [4.69, 9.17) is 0 Å². The Kier molecular flexibility index (Phi) is 3.67. The van der Waals surface area contributed by atoms with Crippen LogP contribution in [-0.2, 0) is 11.2 Å². The molecule has 104 valence electrons. The lowest BCUT2D eigenvalue weighted by Gasteiger charge is -2.29. The van der Waals surface area contributed by atoms with Crippen molar-refractivity contribution in [3.8, 4) is 0 Å². The minimum absolute atomic E-state index is 0.165. The van der Waals surface area contributed by atoms with Crippen LogP contribution in [0.25, 0.3) is 0 Å². The summed E-state index contributed by atoms with van der Waals surface area (Å²) in [6.45, 7) is 1.82. The maximum absolute atomic E-state index is 13.2. The number of alkyl halides is 3. The molecule has 1 aromatic carbocycles. The van der Waals surface area contributed by atoms with Gasteiger partial charge in [0.05, 0.1) is 0 Å². The lowest BCUT2D eigenvalue weighted by Crippen LogP contribution is -2.47. The normalized spacial score (nSPS) is 23.6. The van der Waals surface area contributed by atoms with Crippen LogP contribution in [-0.4, -0.2) is 25.0 Å². The summed E-state index contributed by atoms with van der Waals surface area (Å²) in [6, 6.07) is 7.02. The zero-order chi connectivity index (χ0) is 14.1. The third kappa shape index (κ3) is 2.66. The van der Waals surface area contributed by atoms with Crippen molar-refractivity contribution in [1.82, 2.24) is 5.32 Å². The van der Waals surface area contributed by atoms with E-state index in [1.54, 1.807) is 24.3 Å². The molecule has 1 atom stereocenters. The molecule has 1 aliphatic heterocycles. The number of carbonyl (C=O) groups excluding carboxylic acids is 1. The van der Waals surface area contributed by atoms with Crippen molar-refractivity contribution in [2.45, 2.75) is 25.9 Å². The summed E-state index contributed by atoms with van der Waals surface area (Å²) < 4.78 is 39.5. The van der Waals surface area contributed by atoms with E-state index in [2.05, 4.69) is 5.32 Å². The molecule has 0 radical (unpaired) electrons. The number of hydrogen-bond acceptors (Lipinski definition) is 2. The van der Waals surface area contributed by atoms with Crippen molar-refractivity contribution >= 4 is 5.78 Å². The summed E-state index contributed by atoms with van der Waals surface area (Å²) in [5.74, 6) is -0.742. The number of hydrogen-bond donors (Lipinski definition) is 1. The molecule has 0 spiro atoms. The third-order valence-electron chi connectivity index (χ3n) is 3.72. The van der Waals surface area contributed by atoms with Crippen molar-refractivity contribution in [3.05, 3.63) is 35.4 Å². The van der Waals surface area contributed by atoms with E-state index in [1.807, 2.05) is 6.92 Å². The molecular weight excluding hydrogens is 255 g/mol. The second-order valence-electron chi connectivity index (χ2n) is 5.09. The quantitative estimate of drug-likeness (QED) is 0.915. The number of nitrogens with one attached hydrogen (secondary N) is 1. The molecule has 1 aromatic rings. The largest absolute Gasteiger partial charge is 0.402 e. The molecule has 19 heavy (non-hydrogen) atoms. The minimum atomic E-state index is -4.49. The van der Waals surface area contributed by atoms with Gasteiger partial charge in [-0.2, -0.15) is 13.2 Å². The Balaban J connectivity index is 2.19. The molecular formula is C14H16F3NO. The first kappa shape index (κ1) is 14.1. The molecule has 1 fully saturated rings. The molecule has 5 heteroatoms. The molecule has 0 saturated carbocycles. The average Bonchev–Trinajstić information content (AvgIpc) is 2.82. The first-order valence-electron chi connectivity index (χ1n) is 6.21. The summed E-state index contributed by atoms with van der Waals surface area (Å²) in [6.07, 6.45) is -4.82. The van der Waals surface area contributed by atoms with Crippen molar-refractivity contribution in [1.29, 1.82) is 0 Å². The van der Waals surface area contributed by atoms with Gasteiger partial charge in [0.25, 0.3) is 0 Å². The van der Waals surface area contributed by atoms with Crippen LogP contribution in [0.4, 0.5) is 13.2 Å². The monoisotopic (exact) mass is 271 g/mol. The number of Topliss-reactive ketones (excluding diaryl/α,β-unsaturated/α-hetero) is 1. The van der Waals surface area contributed by atoms with E-state index in [0.717, 1.165) is 5.56 Å². The van der Waals surface area contributed by atoms with Crippen LogP contribution in [0, 0.1) is 12.3 Å². The summed E-state index contributed by atoms with van der Waals surface area (Å²) in [5.41, 5.74) is -0.562. The summed E-state index contributed by atoms with van der Waals surface area (Å²) in [7, 11) is 0. The summed E-state index contributed by atoms with van der Waals surface area (Å²) in [4.78, 5) is 12.1. The molecule has 0 aromatic heterocycles. The summed E-state index contributed by atoms with van der Waals surface area (Å²) >= 11 is 0. The van der Waals surface area contributed by atoms with Gasteiger partial charge in [-0.25, -0.2) is 0 Å². The molecule has 1 unspecified atom stereocenters. The van der Waals surface area contributed by atoms with Crippen LogP contribution in [0.1, 0.15) is 17.5 Å². The summed E-state index contributed by atoms with van der Waals surface area (Å²) in [5, 5.41) is 2.65. The number of benzene rings is 1. The Morgan fingerprint density at radius 3 is 2.42 bits per heavy atom. The van der Waals surface area contributed by atoms with E-state index >= 15 is 0 Å². The Bertz CT molecular complexity index is 459. The first-order valence-corrected chi connectivity index (χ1v) is 6.21. The predicted octanol–water partition coefficient (Wildman–Crippen LogP) is 2.65. The Hall–Kier alpha value is -1.36. The van der Waals surface area contributed by atoms with Gasteiger partial charge in [0.1, 0.15) is 5.41 Å². The number of carbonyl (C=O) groups is 1. The predicted molar refractivity (Wildman–Crippen MR) is 65.9 cm³/mol. The highest BCUT2D eigenvalue weighted by molar-refractivity contribution is 5.88. The Morgan fingerprint density at radius 1 is 1.32 bits per heavy atom. The molecule has 2 nitrogen and oxygen atoms in total. The first-order chi connectivity index (χ1) is 8.85.